The summed E-state index contributed by atoms with van der Waals surface area (Å²) in [6.45, 7) is 0. The minimum Gasteiger partial charge on any atom is -0.481 e. The van der Waals surface area contributed by atoms with Gasteiger partial charge in [0.1, 0.15) is 0 Å². The van der Waals surface area contributed by atoms with Gasteiger partial charge in [-0.15, -0.1) is 6.42 Å². The molecule has 0 radical (unpaired) electrons. The molecular formula is C9H7NO2. The van der Waals surface area contributed by atoms with Crippen molar-refractivity contribution in [3.63, 3.8) is 0 Å². The molecule has 1 aromatic heterocycles. The van der Waals surface area contributed by atoms with Crippen molar-refractivity contribution in [1.82, 2.24) is 4.98 Å². The molecule has 0 amide bonds. The number of aromatic nitrogens is 1. The summed E-state index contributed by atoms with van der Waals surface area (Å²) in [5.41, 5.74) is 1.17. The third-order valence-corrected chi connectivity index (χ3v) is 1.40. The summed E-state index contributed by atoms with van der Waals surface area (Å²) in [6.07, 6.45) is 8.10. The van der Waals surface area contributed by atoms with Crippen LogP contribution in [0.15, 0.2) is 18.5 Å². The van der Waals surface area contributed by atoms with Crippen molar-refractivity contribution < 1.29 is 9.90 Å². The molecule has 0 aliphatic rings. The number of carboxylic acids is 1. The van der Waals surface area contributed by atoms with Crippen LogP contribution in [0.4, 0.5) is 0 Å². The van der Waals surface area contributed by atoms with Crippen LogP contribution in [0.1, 0.15) is 11.1 Å². The lowest BCUT2D eigenvalue weighted by Crippen LogP contribution is -2.02. The fraction of sp³-hybridized carbons (Fsp3) is 0.111. The molecule has 0 unspecified atom stereocenters. The summed E-state index contributed by atoms with van der Waals surface area (Å²) < 4.78 is 0. The summed E-state index contributed by atoms with van der Waals surface area (Å²) >= 11 is 0. The van der Waals surface area contributed by atoms with E-state index in [0.717, 1.165) is 0 Å². The highest BCUT2D eigenvalue weighted by Crippen LogP contribution is 2.05. The van der Waals surface area contributed by atoms with Crippen molar-refractivity contribution in [1.29, 1.82) is 0 Å². The number of hydrogen-bond acceptors (Lipinski definition) is 2. The van der Waals surface area contributed by atoms with Crippen LogP contribution >= 0.6 is 0 Å². The molecule has 3 heteroatoms. The fourth-order valence-corrected chi connectivity index (χ4v) is 0.872. The number of nitrogens with zero attached hydrogens (tertiary/aromatic N) is 1. The first-order chi connectivity index (χ1) is 5.74. The molecule has 1 aromatic rings. The Morgan fingerprint density at radius 2 is 2.50 bits per heavy atom. The molecule has 0 saturated carbocycles. The molecule has 12 heavy (non-hydrogen) atoms. The highest BCUT2D eigenvalue weighted by atomic mass is 16.4. The highest BCUT2D eigenvalue weighted by molar-refractivity contribution is 5.71. The first-order valence-corrected chi connectivity index (χ1v) is 3.35. The third kappa shape index (κ3) is 1.83. The van der Waals surface area contributed by atoms with Crippen LogP contribution in [-0.4, -0.2) is 16.1 Å². The molecule has 0 aliphatic carbocycles. The summed E-state index contributed by atoms with van der Waals surface area (Å²) in [4.78, 5) is 14.1. The maximum absolute atomic E-state index is 10.3. The molecular weight excluding hydrogens is 154 g/mol. The lowest BCUT2D eigenvalue weighted by molar-refractivity contribution is -0.136. The molecule has 1 heterocycles. The number of carboxylic acid groups (broad SMARTS) is 1. The van der Waals surface area contributed by atoms with Gasteiger partial charge in [-0.3, -0.25) is 9.78 Å². The maximum atomic E-state index is 10.3. The highest BCUT2D eigenvalue weighted by Gasteiger charge is 2.03. The minimum absolute atomic E-state index is 0.0760. The van der Waals surface area contributed by atoms with Gasteiger partial charge in [0.15, 0.2) is 0 Å². The van der Waals surface area contributed by atoms with Gasteiger partial charge in [0.05, 0.1) is 6.42 Å². The average molecular weight is 161 g/mol. The van der Waals surface area contributed by atoms with Crippen LogP contribution in [0.2, 0.25) is 0 Å². The number of terminal acetylenes is 1. The minimum atomic E-state index is -0.903. The number of carbonyl (C=O) groups is 1. The predicted octanol–water partition coefficient (Wildman–Crippen LogP) is 0.690. The Bertz CT molecular complexity index is 339. The summed E-state index contributed by atoms with van der Waals surface area (Å²) in [5.74, 6) is 1.49. The van der Waals surface area contributed by atoms with Crippen molar-refractivity contribution in [2.45, 2.75) is 6.42 Å². The zero-order valence-electron chi connectivity index (χ0n) is 6.32. The molecule has 3 nitrogen and oxygen atoms in total. The van der Waals surface area contributed by atoms with Crippen LogP contribution in [0.25, 0.3) is 0 Å². The molecule has 0 saturated heterocycles. The van der Waals surface area contributed by atoms with Gasteiger partial charge in [0, 0.05) is 18.0 Å². The van der Waals surface area contributed by atoms with E-state index in [1.165, 1.54) is 6.20 Å². The monoisotopic (exact) mass is 161 g/mol. The van der Waals surface area contributed by atoms with E-state index in [-0.39, 0.29) is 6.42 Å². The third-order valence-electron chi connectivity index (χ3n) is 1.40. The van der Waals surface area contributed by atoms with Gasteiger partial charge in [-0.1, -0.05) is 5.92 Å². The van der Waals surface area contributed by atoms with E-state index < -0.39 is 5.97 Å². The Kier molecular flexibility index (Phi) is 2.44. The second-order valence-electron chi connectivity index (χ2n) is 2.25. The Hall–Kier alpha value is -1.82. The van der Waals surface area contributed by atoms with Gasteiger partial charge in [0.2, 0.25) is 0 Å². The van der Waals surface area contributed by atoms with E-state index in [2.05, 4.69) is 10.9 Å². The first-order valence-electron chi connectivity index (χ1n) is 3.35. The molecule has 60 valence electrons. The SMILES string of the molecule is C#Cc1ccncc1CC(=O)O. The Labute approximate surface area is 70.1 Å². The van der Waals surface area contributed by atoms with E-state index in [1.54, 1.807) is 12.3 Å². The van der Waals surface area contributed by atoms with Crippen molar-refractivity contribution in [2.75, 3.05) is 0 Å². The topological polar surface area (TPSA) is 50.2 Å². The van der Waals surface area contributed by atoms with Gasteiger partial charge in [-0.05, 0) is 11.6 Å². The maximum Gasteiger partial charge on any atom is 0.307 e. The smallest absolute Gasteiger partial charge is 0.307 e. The van der Waals surface area contributed by atoms with Crippen molar-refractivity contribution in [2.24, 2.45) is 0 Å². The predicted molar refractivity (Wildman–Crippen MR) is 43.5 cm³/mol. The lowest BCUT2D eigenvalue weighted by Gasteiger charge is -1.98. The van der Waals surface area contributed by atoms with Crippen LogP contribution in [0.5, 0.6) is 0 Å². The molecule has 0 fully saturated rings. The standard InChI is InChI=1S/C9H7NO2/c1-2-7-3-4-10-6-8(7)5-9(11)12/h1,3-4,6H,5H2,(H,11,12). The normalized spacial score (nSPS) is 8.92. The van der Waals surface area contributed by atoms with Crippen LogP contribution < -0.4 is 0 Å². The molecule has 0 atom stereocenters. The summed E-state index contributed by atoms with van der Waals surface area (Å²) in [6, 6.07) is 1.62. The average Bonchev–Trinajstić information content (AvgIpc) is 2.04. The van der Waals surface area contributed by atoms with Crippen LogP contribution in [0.3, 0.4) is 0 Å². The summed E-state index contributed by atoms with van der Waals surface area (Å²) in [7, 11) is 0. The quantitative estimate of drug-likeness (QED) is 0.649. The van der Waals surface area contributed by atoms with E-state index in [4.69, 9.17) is 11.5 Å². The van der Waals surface area contributed by atoms with Gasteiger partial charge in [0.25, 0.3) is 0 Å². The molecule has 0 bridgehead atoms. The van der Waals surface area contributed by atoms with Crippen LogP contribution in [-0.2, 0) is 11.2 Å². The number of rotatable bonds is 2. The van der Waals surface area contributed by atoms with E-state index >= 15 is 0 Å². The van der Waals surface area contributed by atoms with E-state index in [1.807, 2.05) is 0 Å². The largest absolute Gasteiger partial charge is 0.481 e. The Balaban J connectivity index is 2.99. The number of aliphatic carboxylic acids is 1. The second-order valence-corrected chi connectivity index (χ2v) is 2.25. The zero-order valence-corrected chi connectivity index (χ0v) is 6.32. The first kappa shape index (κ1) is 8.28. The molecule has 0 aliphatic heterocycles. The van der Waals surface area contributed by atoms with Gasteiger partial charge >= 0.3 is 5.97 Å². The fourth-order valence-electron chi connectivity index (χ4n) is 0.872. The van der Waals surface area contributed by atoms with Crippen molar-refractivity contribution in [3.8, 4) is 12.3 Å². The van der Waals surface area contributed by atoms with Crippen molar-refractivity contribution >= 4 is 5.97 Å². The summed E-state index contributed by atoms with van der Waals surface area (Å²) in [5, 5.41) is 8.49. The number of hydrogen-bond donors (Lipinski definition) is 1. The van der Waals surface area contributed by atoms with Gasteiger partial charge in [-0.2, -0.15) is 0 Å². The molecule has 1 rings (SSSR count). The molecule has 1 N–H and O–H groups in total. The van der Waals surface area contributed by atoms with E-state index in [9.17, 15) is 4.79 Å². The van der Waals surface area contributed by atoms with Crippen molar-refractivity contribution in [3.05, 3.63) is 29.6 Å². The Morgan fingerprint density at radius 3 is 3.08 bits per heavy atom. The van der Waals surface area contributed by atoms with E-state index in [0.29, 0.717) is 11.1 Å². The molecule has 0 aromatic carbocycles. The zero-order chi connectivity index (χ0) is 8.97. The van der Waals surface area contributed by atoms with Crippen LogP contribution in [0, 0.1) is 12.3 Å². The van der Waals surface area contributed by atoms with Gasteiger partial charge < -0.3 is 5.11 Å². The Morgan fingerprint density at radius 1 is 1.75 bits per heavy atom. The van der Waals surface area contributed by atoms with Gasteiger partial charge in [-0.25, -0.2) is 0 Å². The number of pyridine rings is 1. The second kappa shape index (κ2) is 3.54. The molecule has 0 spiro atoms. The lowest BCUT2D eigenvalue weighted by atomic mass is 10.1.